The number of hydrogen-bond donors (Lipinski definition) is 0. The number of amides is 1. The van der Waals surface area contributed by atoms with Gasteiger partial charge in [0.05, 0.1) is 17.7 Å². The van der Waals surface area contributed by atoms with Gasteiger partial charge in [-0.2, -0.15) is 5.26 Å². The van der Waals surface area contributed by atoms with Crippen LogP contribution in [0, 0.1) is 11.3 Å². The molecule has 2 aliphatic heterocycles. The highest BCUT2D eigenvalue weighted by atomic mass is 16.6. The summed E-state index contributed by atoms with van der Waals surface area (Å²) in [5, 5.41) is 20.1. The maximum absolute atomic E-state index is 12.4. The van der Waals surface area contributed by atoms with Crippen molar-refractivity contribution < 1.29 is 19.4 Å². The van der Waals surface area contributed by atoms with Crippen molar-refractivity contribution in [2.75, 3.05) is 19.8 Å². The highest BCUT2D eigenvalue weighted by Gasteiger charge is 2.49. The first kappa shape index (κ1) is 16.7. The molecule has 1 saturated heterocycles. The van der Waals surface area contributed by atoms with Gasteiger partial charge >= 0.3 is 0 Å². The van der Waals surface area contributed by atoms with Crippen LogP contribution in [0.15, 0.2) is 18.2 Å². The second kappa shape index (κ2) is 6.42. The van der Waals surface area contributed by atoms with Crippen molar-refractivity contribution in [1.29, 1.82) is 5.26 Å². The molecule has 0 aliphatic carbocycles. The number of benzene rings is 1. The molecule has 6 heteroatoms. The van der Waals surface area contributed by atoms with Gasteiger partial charge in [0.1, 0.15) is 17.5 Å². The summed E-state index contributed by atoms with van der Waals surface area (Å²) in [5.41, 5.74) is 0.597. The second-order valence-corrected chi connectivity index (χ2v) is 6.70. The van der Waals surface area contributed by atoms with Crippen molar-refractivity contribution in [1.82, 2.24) is 4.90 Å². The van der Waals surface area contributed by atoms with Crippen LogP contribution in [0.25, 0.3) is 0 Å². The summed E-state index contributed by atoms with van der Waals surface area (Å²) in [4.78, 5) is 14.2. The zero-order chi connectivity index (χ0) is 17.3. The first-order valence-corrected chi connectivity index (χ1v) is 8.20. The maximum Gasteiger partial charge on any atom is 0.223 e. The van der Waals surface area contributed by atoms with E-state index in [1.54, 1.807) is 23.1 Å². The summed E-state index contributed by atoms with van der Waals surface area (Å²) in [5.74, 6) is 0.729. The maximum atomic E-state index is 12.4. The highest BCUT2D eigenvalue weighted by Crippen LogP contribution is 2.45. The van der Waals surface area contributed by atoms with Crippen LogP contribution in [0.4, 0.5) is 0 Å². The summed E-state index contributed by atoms with van der Waals surface area (Å²) in [6, 6.07) is 7.01. The van der Waals surface area contributed by atoms with Crippen LogP contribution in [-0.4, -0.2) is 42.3 Å². The molecule has 0 saturated carbocycles. The topological polar surface area (TPSA) is 85.6 Å². The van der Waals surface area contributed by atoms with E-state index < -0.39 is 11.7 Å². The monoisotopic (exact) mass is 329 g/mol. The molecule has 1 aromatic carbocycles. The van der Waals surface area contributed by atoms with Crippen LogP contribution in [-0.2, 0) is 9.53 Å². The summed E-state index contributed by atoms with van der Waals surface area (Å²) >= 11 is 0. The standard InChI is InChI=1S/C18H21N2O4/c1-18(2)17(23-9-8-21)16(20-7-3-4-15(20)22)13-10-12(11-19)5-6-14(13)24-18/h5-6,10,16-17H,3-4,7-9H2,1-2H3/q-1/t16-,17+/m1/s1. The Morgan fingerprint density at radius 3 is 2.92 bits per heavy atom. The van der Waals surface area contributed by atoms with Gasteiger partial charge in [-0.1, -0.05) is 0 Å². The Morgan fingerprint density at radius 2 is 2.29 bits per heavy atom. The smallest absolute Gasteiger partial charge is 0.223 e. The lowest BCUT2D eigenvalue weighted by Gasteiger charge is -2.47. The van der Waals surface area contributed by atoms with E-state index in [-0.39, 0.29) is 25.2 Å². The Bertz CT molecular complexity index is 680. The molecular formula is C18H21N2O4-. The third-order valence-corrected chi connectivity index (χ3v) is 4.63. The predicted molar refractivity (Wildman–Crippen MR) is 84.2 cm³/mol. The predicted octanol–water partition coefficient (Wildman–Crippen LogP) is 1.14. The molecule has 0 unspecified atom stereocenters. The molecular weight excluding hydrogens is 308 g/mol. The largest absolute Gasteiger partial charge is 0.853 e. The quantitative estimate of drug-likeness (QED) is 0.827. The minimum absolute atomic E-state index is 0.0588. The van der Waals surface area contributed by atoms with Gasteiger partial charge in [0.15, 0.2) is 0 Å². The van der Waals surface area contributed by atoms with E-state index in [1.165, 1.54) is 0 Å². The fourth-order valence-electron chi connectivity index (χ4n) is 3.59. The molecule has 1 amide bonds. The van der Waals surface area contributed by atoms with Crippen molar-refractivity contribution in [3.63, 3.8) is 0 Å². The lowest BCUT2D eigenvalue weighted by molar-refractivity contribution is -0.377. The Hall–Kier alpha value is -2.10. The molecule has 0 radical (unpaired) electrons. The summed E-state index contributed by atoms with van der Waals surface area (Å²) in [6.45, 7) is 4.16. The molecule has 128 valence electrons. The average molecular weight is 329 g/mol. The molecule has 0 aromatic heterocycles. The Balaban J connectivity index is 2.10. The van der Waals surface area contributed by atoms with Crippen molar-refractivity contribution >= 4 is 5.91 Å². The third kappa shape index (κ3) is 2.85. The van der Waals surface area contributed by atoms with E-state index in [0.29, 0.717) is 24.3 Å². The number of likely N-dealkylation sites (tertiary alicyclic amines) is 1. The summed E-state index contributed by atoms with van der Waals surface area (Å²) < 4.78 is 11.9. The van der Waals surface area contributed by atoms with E-state index in [0.717, 1.165) is 12.0 Å². The van der Waals surface area contributed by atoms with E-state index in [1.807, 2.05) is 13.8 Å². The molecule has 2 aliphatic rings. The van der Waals surface area contributed by atoms with Gasteiger partial charge in [-0.25, -0.2) is 0 Å². The van der Waals surface area contributed by atoms with Crippen LogP contribution in [0.5, 0.6) is 5.75 Å². The normalized spacial score (nSPS) is 25.1. The van der Waals surface area contributed by atoms with Gasteiger partial charge in [-0.15, -0.1) is 6.61 Å². The summed E-state index contributed by atoms with van der Waals surface area (Å²) in [7, 11) is 0. The van der Waals surface area contributed by atoms with Crippen LogP contribution in [0.2, 0.25) is 0 Å². The molecule has 1 fully saturated rings. The summed E-state index contributed by atoms with van der Waals surface area (Å²) in [6.07, 6.45) is 0.854. The average Bonchev–Trinajstić information content (AvgIpc) is 2.97. The van der Waals surface area contributed by atoms with E-state index in [4.69, 9.17) is 9.47 Å². The van der Waals surface area contributed by atoms with E-state index in [2.05, 4.69) is 6.07 Å². The fourth-order valence-corrected chi connectivity index (χ4v) is 3.59. The lowest BCUT2D eigenvalue weighted by Crippen LogP contribution is -2.55. The van der Waals surface area contributed by atoms with Crippen molar-refractivity contribution in [3.05, 3.63) is 29.3 Å². The highest BCUT2D eigenvalue weighted by molar-refractivity contribution is 5.79. The first-order chi connectivity index (χ1) is 11.5. The Morgan fingerprint density at radius 1 is 1.50 bits per heavy atom. The van der Waals surface area contributed by atoms with Crippen LogP contribution >= 0.6 is 0 Å². The van der Waals surface area contributed by atoms with Gasteiger partial charge in [-0.05, 0) is 38.5 Å². The molecule has 2 heterocycles. The fraction of sp³-hybridized carbons (Fsp3) is 0.556. The van der Waals surface area contributed by atoms with Crippen LogP contribution < -0.4 is 9.84 Å². The zero-order valence-electron chi connectivity index (χ0n) is 13.9. The van der Waals surface area contributed by atoms with E-state index >= 15 is 0 Å². The van der Waals surface area contributed by atoms with Crippen molar-refractivity contribution in [2.24, 2.45) is 0 Å². The van der Waals surface area contributed by atoms with Gasteiger partial charge in [0.25, 0.3) is 0 Å². The number of carbonyl (C=O) groups is 1. The second-order valence-electron chi connectivity index (χ2n) is 6.70. The number of nitrogens with zero attached hydrogens (tertiary/aromatic N) is 2. The van der Waals surface area contributed by atoms with Gasteiger partial charge in [0, 0.05) is 25.1 Å². The van der Waals surface area contributed by atoms with Crippen molar-refractivity contribution in [3.8, 4) is 11.8 Å². The number of ether oxygens (including phenoxy) is 2. The molecule has 0 spiro atoms. The number of carbonyl (C=O) groups excluding carboxylic acids is 1. The molecule has 24 heavy (non-hydrogen) atoms. The van der Waals surface area contributed by atoms with Gasteiger partial charge in [-0.3, -0.25) is 4.79 Å². The zero-order valence-corrected chi connectivity index (χ0v) is 13.9. The minimum atomic E-state index is -0.691. The SMILES string of the molecule is CC1(C)Oc2ccc(C#N)cc2[C@@H](N2CCCC2=O)[C@@H]1OCC[O-]. The van der Waals surface area contributed by atoms with Crippen molar-refractivity contribution in [2.45, 2.75) is 44.4 Å². The van der Waals surface area contributed by atoms with Gasteiger partial charge in [0.2, 0.25) is 5.91 Å². The van der Waals surface area contributed by atoms with Crippen LogP contribution in [0.1, 0.15) is 43.9 Å². The number of rotatable bonds is 4. The molecule has 1 aromatic rings. The van der Waals surface area contributed by atoms with Gasteiger partial charge < -0.3 is 19.5 Å². The van der Waals surface area contributed by atoms with Crippen LogP contribution in [0.3, 0.4) is 0 Å². The first-order valence-electron chi connectivity index (χ1n) is 8.20. The Labute approximate surface area is 141 Å². The Kier molecular flexibility index (Phi) is 4.48. The number of hydrogen-bond acceptors (Lipinski definition) is 5. The number of fused-ring (bicyclic) bond motifs is 1. The molecule has 6 nitrogen and oxygen atoms in total. The van der Waals surface area contributed by atoms with E-state index in [9.17, 15) is 15.2 Å². The minimum Gasteiger partial charge on any atom is -0.853 e. The third-order valence-electron chi connectivity index (χ3n) is 4.63. The number of nitriles is 1. The molecule has 3 rings (SSSR count). The molecule has 2 atom stereocenters. The lowest BCUT2D eigenvalue weighted by atomic mass is 9.84. The molecule has 0 N–H and O–H groups in total. The molecule has 0 bridgehead atoms.